The fourth-order valence-electron chi connectivity index (χ4n) is 0.597. The highest BCUT2D eigenvalue weighted by molar-refractivity contribution is 9.10. The third-order valence-corrected chi connectivity index (χ3v) is 2.75. The number of nitrogens with two attached hydrogens (primary N) is 1. The molecule has 0 saturated heterocycles. The van der Waals surface area contributed by atoms with Gasteiger partial charge < -0.3 is 5.73 Å². The van der Waals surface area contributed by atoms with Crippen molar-refractivity contribution in [3.63, 3.8) is 0 Å². The van der Waals surface area contributed by atoms with E-state index in [-0.39, 0.29) is 10.7 Å². The number of nitrogen functional groups attached to an aromatic ring is 1. The summed E-state index contributed by atoms with van der Waals surface area (Å²) in [5.74, 6) is 0. The molecule has 62 valence electrons. The minimum Gasteiger partial charge on any atom is -0.394 e. The van der Waals surface area contributed by atoms with Crippen molar-refractivity contribution in [2.75, 3.05) is 12.0 Å². The molecule has 0 unspecified atom stereocenters. The van der Waals surface area contributed by atoms with Crippen LogP contribution in [-0.2, 0) is 9.84 Å². The van der Waals surface area contributed by atoms with Gasteiger partial charge >= 0.3 is 0 Å². The number of nitrogens with zero attached hydrogens (tertiary/aromatic N) is 1. The Morgan fingerprint density at radius 2 is 2.18 bits per heavy atom. The molecule has 0 atom stereocenters. The van der Waals surface area contributed by atoms with E-state index >= 15 is 0 Å². The van der Waals surface area contributed by atoms with E-state index in [2.05, 4.69) is 26.1 Å². The van der Waals surface area contributed by atoms with Crippen LogP contribution in [0.25, 0.3) is 0 Å². The molecule has 1 heterocycles. The maximum Gasteiger partial charge on any atom is 0.194 e. The zero-order chi connectivity index (χ0) is 8.65. The smallest absolute Gasteiger partial charge is 0.194 e. The van der Waals surface area contributed by atoms with E-state index in [1.54, 1.807) is 0 Å². The van der Waals surface area contributed by atoms with Crippen LogP contribution in [0.15, 0.2) is 9.63 Å². The van der Waals surface area contributed by atoms with Crippen LogP contribution in [0.5, 0.6) is 0 Å². The molecule has 0 radical (unpaired) electrons. The average Bonchev–Trinajstić information content (AvgIpc) is 2.11. The first kappa shape index (κ1) is 8.54. The lowest BCUT2D eigenvalue weighted by molar-refractivity contribution is 0.598. The van der Waals surface area contributed by atoms with Crippen LogP contribution in [-0.4, -0.2) is 24.9 Å². The van der Waals surface area contributed by atoms with Crippen LogP contribution in [0.2, 0.25) is 0 Å². The molecule has 3 N–H and O–H groups in total. The minimum absolute atomic E-state index is 0.0515. The maximum atomic E-state index is 10.9. The fraction of sp³-hybridized carbons (Fsp3) is 0.250. The maximum absolute atomic E-state index is 10.9. The van der Waals surface area contributed by atoms with Crippen molar-refractivity contribution in [2.45, 2.75) is 5.03 Å². The fourth-order valence-corrected chi connectivity index (χ4v) is 1.72. The monoisotopic (exact) mass is 239 g/mol. The lowest BCUT2D eigenvalue weighted by Gasteiger charge is -1.92. The molecular formula is C4H6BrN3O2S. The van der Waals surface area contributed by atoms with Crippen LogP contribution in [0.4, 0.5) is 5.69 Å². The summed E-state index contributed by atoms with van der Waals surface area (Å²) >= 11 is 2.98. The Kier molecular flexibility index (Phi) is 1.93. The molecular weight excluding hydrogens is 234 g/mol. The van der Waals surface area contributed by atoms with E-state index in [9.17, 15) is 8.42 Å². The summed E-state index contributed by atoms with van der Waals surface area (Å²) in [6.45, 7) is 0. The lowest BCUT2D eigenvalue weighted by Crippen LogP contribution is -2.01. The molecule has 0 spiro atoms. The third kappa shape index (κ3) is 1.54. The predicted molar refractivity (Wildman–Crippen MR) is 43.8 cm³/mol. The van der Waals surface area contributed by atoms with E-state index < -0.39 is 9.84 Å². The minimum atomic E-state index is -3.29. The van der Waals surface area contributed by atoms with Crippen molar-refractivity contribution in [3.05, 3.63) is 4.60 Å². The van der Waals surface area contributed by atoms with Gasteiger partial charge in [0.05, 0.1) is 0 Å². The van der Waals surface area contributed by atoms with Gasteiger partial charge in [0, 0.05) is 6.26 Å². The van der Waals surface area contributed by atoms with Gasteiger partial charge in [-0.1, -0.05) is 0 Å². The highest BCUT2D eigenvalue weighted by Gasteiger charge is 2.16. The Morgan fingerprint density at radius 1 is 1.64 bits per heavy atom. The normalized spacial score (nSPS) is 11.8. The second-order valence-electron chi connectivity index (χ2n) is 2.03. The number of hydrogen-bond donors (Lipinski definition) is 2. The second kappa shape index (κ2) is 2.49. The van der Waals surface area contributed by atoms with E-state index in [4.69, 9.17) is 5.73 Å². The zero-order valence-electron chi connectivity index (χ0n) is 5.63. The zero-order valence-corrected chi connectivity index (χ0v) is 8.03. The number of nitrogens with one attached hydrogen (secondary N) is 1. The molecule has 0 aliphatic heterocycles. The van der Waals surface area contributed by atoms with Gasteiger partial charge in [-0.15, -0.1) is 0 Å². The largest absolute Gasteiger partial charge is 0.394 e. The van der Waals surface area contributed by atoms with E-state index in [0.29, 0.717) is 4.60 Å². The first-order valence-electron chi connectivity index (χ1n) is 2.62. The summed E-state index contributed by atoms with van der Waals surface area (Å²) in [4.78, 5) is 0. The predicted octanol–water partition coefficient (Wildman–Crippen LogP) is 0.158. The molecule has 1 aromatic heterocycles. The van der Waals surface area contributed by atoms with Gasteiger partial charge in [0.25, 0.3) is 0 Å². The van der Waals surface area contributed by atoms with Crippen LogP contribution >= 0.6 is 15.9 Å². The number of anilines is 1. The van der Waals surface area contributed by atoms with E-state index in [1.807, 2.05) is 0 Å². The lowest BCUT2D eigenvalue weighted by atomic mass is 10.6. The van der Waals surface area contributed by atoms with E-state index in [1.165, 1.54) is 0 Å². The van der Waals surface area contributed by atoms with Crippen molar-refractivity contribution >= 4 is 31.5 Å². The van der Waals surface area contributed by atoms with Gasteiger partial charge in [-0.3, -0.25) is 5.10 Å². The Labute approximate surface area is 72.0 Å². The van der Waals surface area contributed by atoms with Gasteiger partial charge in [-0.05, 0) is 15.9 Å². The van der Waals surface area contributed by atoms with Gasteiger partial charge in [0.2, 0.25) is 0 Å². The molecule has 0 aliphatic carbocycles. The molecule has 0 amide bonds. The van der Waals surface area contributed by atoms with Crippen molar-refractivity contribution in [3.8, 4) is 0 Å². The number of H-pyrrole nitrogens is 1. The molecule has 7 heteroatoms. The Bertz CT molecular complexity index is 369. The van der Waals surface area contributed by atoms with Gasteiger partial charge in [-0.2, -0.15) is 5.10 Å². The standard InChI is InChI=1S/C4H6BrN3O2S/c1-11(9,10)4-2(6)3(5)7-8-4/h6H2,1H3,(H,7,8). The Morgan fingerprint density at radius 3 is 2.36 bits per heavy atom. The molecule has 0 bridgehead atoms. The topological polar surface area (TPSA) is 88.8 Å². The molecule has 1 rings (SSSR count). The quantitative estimate of drug-likeness (QED) is 0.731. The van der Waals surface area contributed by atoms with Crippen molar-refractivity contribution in [1.29, 1.82) is 0 Å². The van der Waals surface area contributed by atoms with Gasteiger partial charge in [0.15, 0.2) is 19.5 Å². The van der Waals surface area contributed by atoms with Gasteiger partial charge in [-0.25, -0.2) is 8.42 Å². The first-order chi connectivity index (χ1) is 4.93. The highest BCUT2D eigenvalue weighted by atomic mass is 79.9. The average molecular weight is 240 g/mol. The number of rotatable bonds is 1. The molecule has 5 nitrogen and oxygen atoms in total. The summed E-state index contributed by atoms with van der Waals surface area (Å²) in [5.41, 5.74) is 5.49. The summed E-state index contributed by atoms with van der Waals surface area (Å²) in [5, 5.41) is 5.82. The molecule has 1 aromatic rings. The molecule has 11 heavy (non-hydrogen) atoms. The summed E-state index contributed by atoms with van der Waals surface area (Å²) < 4.78 is 22.1. The SMILES string of the molecule is CS(=O)(=O)c1[nH]nc(Br)c1N. The van der Waals surface area contributed by atoms with Crippen LogP contribution in [0.3, 0.4) is 0 Å². The molecule has 0 aromatic carbocycles. The summed E-state index contributed by atoms with van der Waals surface area (Å²) in [6.07, 6.45) is 1.06. The van der Waals surface area contributed by atoms with Crippen molar-refractivity contribution in [1.82, 2.24) is 10.2 Å². The Balaban J connectivity index is 3.38. The molecule has 0 aliphatic rings. The third-order valence-electron chi connectivity index (χ3n) is 1.09. The number of aromatic amines is 1. The number of hydrogen-bond acceptors (Lipinski definition) is 4. The van der Waals surface area contributed by atoms with Crippen LogP contribution in [0, 0.1) is 0 Å². The number of halogens is 1. The molecule has 0 saturated carbocycles. The highest BCUT2D eigenvalue weighted by Crippen LogP contribution is 2.22. The second-order valence-corrected chi connectivity index (χ2v) is 4.73. The van der Waals surface area contributed by atoms with Crippen molar-refractivity contribution < 1.29 is 8.42 Å². The van der Waals surface area contributed by atoms with Crippen LogP contribution in [0.1, 0.15) is 0 Å². The Hall–Kier alpha value is -0.560. The van der Waals surface area contributed by atoms with Crippen molar-refractivity contribution in [2.24, 2.45) is 0 Å². The van der Waals surface area contributed by atoms with Gasteiger partial charge in [0.1, 0.15) is 5.69 Å². The number of aromatic nitrogens is 2. The first-order valence-corrected chi connectivity index (χ1v) is 5.30. The number of sulfone groups is 1. The van der Waals surface area contributed by atoms with E-state index in [0.717, 1.165) is 6.26 Å². The summed E-state index contributed by atoms with van der Waals surface area (Å²) in [7, 11) is -3.29. The molecule has 0 fully saturated rings. The summed E-state index contributed by atoms with van der Waals surface area (Å²) in [6, 6.07) is 0. The van der Waals surface area contributed by atoms with Crippen LogP contribution < -0.4 is 5.73 Å².